The summed E-state index contributed by atoms with van der Waals surface area (Å²) in [4.78, 5) is 4.56. The van der Waals surface area contributed by atoms with E-state index in [0.717, 1.165) is 11.7 Å². The largest absolute Gasteiger partial charge is 0.358 e. The van der Waals surface area contributed by atoms with Gasteiger partial charge >= 0.3 is 0 Å². The average Bonchev–Trinajstić information content (AvgIpc) is 2.87. The van der Waals surface area contributed by atoms with Crippen molar-refractivity contribution in [2.45, 2.75) is 32.1 Å². The van der Waals surface area contributed by atoms with E-state index in [1.165, 1.54) is 5.56 Å². The first-order valence-corrected chi connectivity index (χ1v) is 7.49. The van der Waals surface area contributed by atoms with E-state index in [2.05, 4.69) is 47.9 Å². The van der Waals surface area contributed by atoms with E-state index < -0.39 is 0 Å². The second-order valence-corrected chi connectivity index (χ2v) is 6.48. The van der Waals surface area contributed by atoms with Crippen molar-refractivity contribution in [2.75, 3.05) is 6.54 Å². The summed E-state index contributed by atoms with van der Waals surface area (Å²) in [6.07, 6.45) is 0. The Morgan fingerprint density at radius 3 is 2.81 bits per heavy atom. The Kier molecular flexibility index (Phi) is 3.92. The van der Waals surface area contributed by atoms with Gasteiger partial charge in [-0.15, -0.1) is 0 Å². The molecule has 2 heterocycles. The maximum atomic E-state index is 4.56. The molecule has 2 rings (SSSR count). The fourth-order valence-electron chi connectivity index (χ4n) is 1.61. The number of nitrogens with one attached hydrogen (secondary N) is 1. The Labute approximate surface area is 106 Å². The lowest BCUT2D eigenvalue weighted by molar-refractivity contribution is 0.621. The van der Waals surface area contributed by atoms with Crippen molar-refractivity contribution in [1.82, 2.24) is 5.32 Å². The molecule has 88 valence electrons. The van der Waals surface area contributed by atoms with E-state index in [1.54, 1.807) is 11.3 Å². The van der Waals surface area contributed by atoms with Crippen molar-refractivity contribution in [3.8, 4) is 0 Å². The average molecular weight is 254 g/mol. The standard InChI is InChI=1S/C12H18N2S2/c1-8(2)11-6-13-12(16-11)14-9(3)10-4-5-15-7-10/h4-5,7-9,11H,6H2,1-3H3,(H,13,14). The summed E-state index contributed by atoms with van der Waals surface area (Å²) in [6, 6.07) is 2.53. The zero-order valence-electron chi connectivity index (χ0n) is 9.93. The summed E-state index contributed by atoms with van der Waals surface area (Å²) < 4.78 is 0. The minimum absolute atomic E-state index is 0.364. The number of hydrogen-bond acceptors (Lipinski definition) is 4. The molecule has 0 aromatic carbocycles. The quantitative estimate of drug-likeness (QED) is 0.892. The molecule has 2 atom stereocenters. The molecule has 1 aliphatic rings. The molecule has 2 unspecified atom stereocenters. The van der Waals surface area contributed by atoms with E-state index in [-0.39, 0.29) is 0 Å². The highest BCUT2D eigenvalue weighted by Gasteiger charge is 2.23. The third-order valence-corrected chi connectivity index (χ3v) is 4.97. The first kappa shape index (κ1) is 12.0. The number of amidine groups is 1. The predicted molar refractivity (Wildman–Crippen MR) is 74.4 cm³/mol. The molecular formula is C12H18N2S2. The van der Waals surface area contributed by atoms with Gasteiger partial charge in [0, 0.05) is 5.25 Å². The fourth-order valence-corrected chi connectivity index (χ4v) is 3.46. The summed E-state index contributed by atoms with van der Waals surface area (Å²) in [7, 11) is 0. The van der Waals surface area contributed by atoms with Crippen molar-refractivity contribution >= 4 is 28.3 Å². The van der Waals surface area contributed by atoms with Crippen LogP contribution in [0.3, 0.4) is 0 Å². The van der Waals surface area contributed by atoms with Crippen molar-refractivity contribution in [3.63, 3.8) is 0 Å². The van der Waals surface area contributed by atoms with Gasteiger partial charge in [-0.2, -0.15) is 11.3 Å². The lowest BCUT2D eigenvalue weighted by Crippen LogP contribution is -2.23. The van der Waals surface area contributed by atoms with Gasteiger partial charge in [-0.25, -0.2) is 0 Å². The third kappa shape index (κ3) is 2.80. The third-order valence-electron chi connectivity index (χ3n) is 2.80. The van der Waals surface area contributed by atoms with Crippen LogP contribution in [0.25, 0.3) is 0 Å². The van der Waals surface area contributed by atoms with Gasteiger partial charge in [0.1, 0.15) is 0 Å². The minimum Gasteiger partial charge on any atom is -0.358 e. The second kappa shape index (κ2) is 5.23. The molecule has 4 heteroatoms. The first-order valence-electron chi connectivity index (χ1n) is 5.66. The Balaban J connectivity index is 1.88. The number of hydrogen-bond donors (Lipinski definition) is 1. The van der Waals surface area contributed by atoms with Crippen LogP contribution in [0.2, 0.25) is 0 Å². The van der Waals surface area contributed by atoms with Gasteiger partial charge < -0.3 is 5.32 Å². The predicted octanol–water partition coefficient (Wildman–Crippen LogP) is 3.53. The second-order valence-electron chi connectivity index (χ2n) is 4.47. The smallest absolute Gasteiger partial charge is 0.157 e. The van der Waals surface area contributed by atoms with Crippen LogP contribution < -0.4 is 5.32 Å². The molecule has 1 aliphatic heterocycles. The van der Waals surface area contributed by atoms with Gasteiger partial charge in [0.05, 0.1) is 12.6 Å². The van der Waals surface area contributed by atoms with Crippen LogP contribution in [0.1, 0.15) is 32.4 Å². The van der Waals surface area contributed by atoms with Crippen LogP contribution in [0, 0.1) is 5.92 Å². The first-order chi connectivity index (χ1) is 7.66. The van der Waals surface area contributed by atoms with E-state index in [1.807, 2.05) is 11.8 Å². The molecule has 1 aromatic heterocycles. The normalized spacial score (nSPS) is 22.2. The molecular weight excluding hydrogens is 236 g/mol. The van der Waals surface area contributed by atoms with Gasteiger partial charge in [0.15, 0.2) is 5.17 Å². The van der Waals surface area contributed by atoms with Crippen molar-refractivity contribution in [1.29, 1.82) is 0 Å². The van der Waals surface area contributed by atoms with Gasteiger partial charge in [0.25, 0.3) is 0 Å². The number of rotatable bonds is 3. The number of nitrogens with zero attached hydrogens (tertiary/aromatic N) is 1. The van der Waals surface area contributed by atoms with Crippen LogP contribution in [0.5, 0.6) is 0 Å². The lowest BCUT2D eigenvalue weighted by atomic mass is 10.1. The maximum absolute atomic E-state index is 4.56. The van der Waals surface area contributed by atoms with Crippen LogP contribution in [-0.4, -0.2) is 17.0 Å². The Bertz CT molecular complexity index is 357. The highest BCUT2D eigenvalue weighted by molar-refractivity contribution is 8.14. The van der Waals surface area contributed by atoms with Crippen molar-refractivity contribution in [3.05, 3.63) is 22.4 Å². The number of aliphatic imine (C=N–C) groups is 1. The highest BCUT2D eigenvalue weighted by Crippen LogP contribution is 2.27. The van der Waals surface area contributed by atoms with E-state index >= 15 is 0 Å². The molecule has 0 bridgehead atoms. The molecule has 1 N–H and O–H groups in total. The summed E-state index contributed by atoms with van der Waals surface area (Å²) in [5.41, 5.74) is 1.35. The zero-order chi connectivity index (χ0) is 11.5. The zero-order valence-corrected chi connectivity index (χ0v) is 11.6. The van der Waals surface area contributed by atoms with E-state index in [0.29, 0.717) is 17.2 Å². The number of thioether (sulfide) groups is 1. The SMILES string of the molecule is CC(NC1=NCC(C(C)C)S1)c1ccsc1. The summed E-state index contributed by atoms with van der Waals surface area (Å²) in [5, 5.41) is 9.56. The van der Waals surface area contributed by atoms with Crippen LogP contribution in [-0.2, 0) is 0 Å². The fraction of sp³-hybridized carbons (Fsp3) is 0.583. The Morgan fingerprint density at radius 2 is 2.25 bits per heavy atom. The lowest BCUT2D eigenvalue weighted by Gasteiger charge is -2.15. The van der Waals surface area contributed by atoms with Crippen molar-refractivity contribution < 1.29 is 0 Å². The molecule has 0 amide bonds. The molecule has 0 saturated heterocycles. The topological polar surface area (TPSA) is 24.4 Å². The molecule has 0 fully saturated rings. The molecule has 0 radical (unpaired) electrons. The Morgan fingerprint density at radius 1 is 1.44 bits per heavy atom. The monoisotopic (exact) mass is 254 g/mol. The summed E-state index contributed by atoms with van der Waals surface area (Å²) in [6.45, 7) is 7.67. The molecule has 16 heavy (non-hydrogen) atoms. The van der Waals surface area contributed by atoms with Gasteiger partial charge in [-0.1, -0.05) is 25.6 Å². The molecule has 1 aromatic rings. The van der Waals surface area contributed by atoms with E-state index in [4.69, 9.17) is 0 Å². The molecule has 0 spiro atoms. The minimum atomic E-state index is 0.364. The van der Waals surface area contributed by atoms with Gasteiger partial charge in [0.2, 0.25) is 0 Å². The maximum Gasteiger partial charge on any atom is 0.157 e. The van der Waals surface area contributed by atoms with Crippen LogP contribution in [0.15, 0.2) is 21.8 Å². The molecule has 0 saturated carbocycles. The van der Waals surface area contributed by atoms with Crippen LogP contribution >= 0.6 is 23.1 Å². The highest BCUT2D eigenvalue weighted by atomic mass is 32.2. The molecule has 0 aliphatic carbocycles. The van der Waals surface area contributed by atoms with Crippen molar-refractivity contribution in [2.24, 2.45) is 10.9 Å². The summed E-state index contributed by atoms with van der Waals surface area (Å²) >= 11 is 3.63. The number of thiophene rings is 1. The van der Waals surface area contributed by atoms with Gasteiger partial charge in [-0.05, 0) is 35.2 Å². The molecule has 2 nitrogen and oxygen atoms in total. The van der Waals surface area contributed by atoms with Gasteiger partial charge in [-0.3, -0.25) is 4.99 Å². The van der Waals surface area contributed by atoms with E-state index in [9.17, 15) is 0 Å². The summed E-state index contributed by atoms with van der Waals surface area (Å²) in [5.74, 6) is 0.699. The Hall–Kier alpha value is -0.480. The van der Waals surface area contributed by atoms with Crippen LogP contribution in [0.4, 0.5) is 0 Å².